The number of thiol groups is 1. The number of nitrogens with one attached hydrogen (secondary N) is 3. The minimum Gasteiger partial charge on any atom is -0.480 e. The number of carbonyl (C=O) groups excluding carboxylic acids is 4. The van der Waals surface area contributed by atoms with Gasteiger partial charge in [0.25, 0.3) is 0 Å². The summed E-state index contributed by atoms with van der Waals surface area (Å²) in [6.45, 7) is 1.58. The Morgan fingerprint density at radius 3 is 1.91 bits per heavy atom. The van der Waals surface area contributed by atoms with Crippen molar-refractivity contribution in [3.05, 3.63) is 0 Å². The normalized spacial score (nSPS) is 14.2. The van der Waals surface area contributed by atoms with Crippen LogP contribution < -0.4 is 38.9 Å². The molecule has 0 aromatic carbocycles. The number of carboxylic acids is 1. The van der Waals surface area contributed by atoms with E-state index in [9.17, 15) is 29.1 Å². The van der Waals surface area contributed by atoms with Crippen molar-refractivity contribution in [1.82, 2.24) is 16.0 Å². The number of aliphatic carboxylic acids is 1. The molecule has 0 aliphatic rings. The molecule has 14 nitrogen and oxygen atoms in total. The molecule has 0 aromatic heterocycles. The van der Waals surface area contributed by atoms with Crippen LogP contribution in [0.5, 0.6) is 0 Å². The average Bonchev–Trinajstić information content (AvgIpc) is 2.70. The number of hydrogen-bond donors (Lipinski definition) is 9. The van der Waals surface area contributed by atoms with Crippen LogP contribution in [0, 0.1) is 0 Å². The molecular weight excluding hydrogens is 444 g/mol. The van der Waals surface area contributed by atoms with Gasteiger partial charge in [0.2, 0.25) is 23.6 Å². The van der Waals surface area contributed by atoms with E-state index in [2.05, 4.69) is 33.6 Å². The fraction of sp³-hybridized carbons (Fsp3) is 0.647. The predicted molar refractivity (Wildman–Crippen MR) is 119 cm³/mol. The van der Waals surface area contributed by atoms with Gasteiger partial charge < -0.3 is 44.0 Å². The van der Waals surface area contributed by atoms with Gasteiger partial charge in [-0.15, -0.1) is 0 Å². The SMILES string of the molecule is CC(N)C(=O)NC(CS)C(=O)NC(CCC(N)=O)C(=O)NC(CCCN=C(N)N)C(=O)O. The summed E-state index contributed by atoms with van der Waals surface area (Å²) in [7, 11) is 0. The van der Waals surface area contributed by atoms with Gasteiger partial charge in [-0.1, -0.05) is 0 Å². The highest BCUT2D eigenvalue weighted by Gasteiger charge is 2.29. The first-order valence-corrected chi connectivity index (χ1v) is 10.4. The lowest BCUT2D eigenvalue weighted by Crippen LogP contribution is -2.57. The third-order valence-electron chi connectivity index (χ3n) is 4.10. The summed E-state index contributed by atoms with van der Waals surface area (Å²) in [6.07, 6.45) is -0.164. The highest BCUT2D eigenvalue weighted by molar-refractivity contribution is 7.80. The first-order valence-electron chi connectivity index (χ1n) is 9.73. The summed E-state index contributed by atoms with van der Waals surface area (Å²) in [5, 5.41) is 16.4. The second kappa shape index (κ2) is 14.9. The molecule has 0 saturated carbocycles. The zero-order valence-electron chi connectivity index (χ0n) is 17.7. The van der Waals surface area contributed by atoms with E-state index in [1.165, 1.54) is 6.92 Å². The highest BCUT2D eigenvalue weighted by atomic mass is 32.1. The van der Waals surface area contributed by atoms with Crippen LogP contribution in [0.25, 0.3) is 0 Å². The number of carbonyl (C=O) groups is 5. The molecule has 4 unspecified atom stereocenters. The summed E-state index contributed by atoms with van der Waals surface area (Å²) in [5.74, 6) is -4.49. The number of carboxylic acid groups (broad SMARTS) is 1. The van der Waals surface area contributed by atoms with Crippen molar-refractivity contribution in [2.75, 3.05) is 12.3 Å². The number of nitrogens with two attached hydrogens (primary N) is 4. The van der Waals surface area contributed by atoms with E-state index in [4.69, 9.17) is 22.9 Å². The van der Waals surface area contributed by atoms with E-state index < -0.39 is 53.8 Å². The molecule has 0 aliphatic carbocycles. The van der Waals surface area contributed by atoms with Gasteiger partial charge in [0.05, 0.1) is 6.04 Å². The van der Waals surface area contributed by atoms with Gasteiger partial charge in [0.1, 0.15) is 18.1 Å². The maximum atomic E-state index is 12.7. The Hall–Kier alpha value is -3.07. The Morgan fingerprint density at radius 2 is 1.44 bits per heavy atom. The zero-order chi connectivity index (χ0) is 24.8. The van der Waals surface area contributed by atoms with E-state index in [0.29, 0.717) is 0 Å². The van der Waals surface area contributed by atoms with Crippen LogP contribution in [0.4, 0.5) is 0 Å². The van der Waals surface area contributed by atoms with Crippen molar-refractivity contribution in [2.24, 2.45) is 27.9 Å². The van der Waals surface area contributed by atoms with Crippen LogP contribution in [0.15, 0.2) is 4.99 Å². The molecule has 0 spiro atoms. The van der Waals surface area contributed by atoms with Gasteiger partial charge in [-0.25, -0.2) is 4.79 Å². The monoisotopic (exact) mass is 476 g/mol. The molecule has 0 bridgehead atoms. The molecule has 32 heavy (non-hydrogen) atoms. The van der Waals surface area contributed by atoms with Gasteiger partial charge in [-0.3, -0.25) is 24.2 Å². The van der Waals surface area contributed by atoms with E-state index in [1.807, 2.05) is 0 Å². The van der Waals surface area contributed by atoms with Crippen LogP contribution in [-0.4, -0.2) is 77.1 Å². The fourth-order valence-electron chi connectivity index (χ4n) is 2.36. The lowest BCUT2D eigenvalue weighted by atomic mass is 10.1. The number of nitrogens with zero attached hydrogens (tertiary/aromatic N) is 1. The largest absolute Gasteiger partial charge is 0.480 e. The minimum absolute atomic E-state index is 0.0120. The second-order valence-electron chi connectivity index (χ2n) is 6.95. The molecule has 0 aromatic rings. The maximum absolute atomic E-state index is 12.7. The van der Waals surface area contributed by atoms with Gasteiger partial charge in [0, 0.05) is 18.7 Å². The van der Waals surface area contributed by atoms with Crippen molar-refractivity contribution in [3.63, 3.8) is 0 Å². The Labute approximate surface area is 190 Å². The fourth-order valence-corrected chi connectivity index (χ4v) is 2.62. The van der Waals surface area contributed by atoms with Crippen LogP contribution in [0.2, 0.25) is 0 Å². The summed E-state index contributed by atoms with van der Waals surface area (Å²) in [5.41, 5.74) is 21.0. The van der Waals surface area contributed by atoms with Crippen LogP contribution >= 0.6 is 12.6 Å². The smallest absolute Gasteiger partial charge is 0.326 e. The van der Waals surface area contributed by atoms with Crippen molar-refractivity contribution in [3.8, 4) is 0 Å². The number of guanidine groups is 1. The quantitative estimate of drug-likeness (QED) is 0.0483. The van der Waals surface area contributed by atoms with Gasteiger partial charge in [-0.2, -0.15) is 12.6 Å². The summed E-state index contributed by atoms with van der Waals surface area (Å²) in [4.78, 5) is 63.3. The molecule has 0 saturated heterocycles. The molecule has 12 N–H and O–H groups in total. The molecule has 4 atom stereocenters. The standard InChI is InChI=1S/C17H32N8O6S/c1-8(18)13(27)25-11(7-32)15(29)23-9(4-5-12(19)26)14(28)24-10(16(30)31)3-2-6-22-17(20)21/h8-11,32H,2-7,18H2,1H3,(H2,19,26)(H,23,29)(H,24,28)(H,25,27)(H,30,31)(H4,20,21,22). The number of primary amides is 1. The molecule has 0 heterocycles. The summed E-state index contributed by atoms with van der Waals surface area (Å²) >= 11 is 4.00. The molecule has 0 rings (SSSR count). The third-order valence-corrected chi connectivity index (χ3v) is 4.47. The molecule has 0 fully saturated rings. The number of aliphatic imine (C=N–C) groups is 1. The van der Waals surface area contributed by atoms with Crippen LogP contribution in [-0.2, 0) is 24.0 Å². The molecule has 0 aliphatic heterocycles. The summed E-state index contributed by atoms with van der Waals surface area (Å²) in [6, 6.07) is -4.57. The predicted octanol–water partition coefficient (Wildman–Crippen LogP) is -3.88. The first-order chi connectivity index (χ1) is 14.9. The molecule has 182 valence electrons. The first kappa shape index (κ1) is 28.9. The van der Waals surface area contributed by atoms with Gasteiger partial charge in [0.15, 0.2) is 5.96 Å². The third kappa shape index (κ3) is 11.9. The summed E-state index contributed by atoms with van der Waals surface area (Å²) < 4.78 is 0. The topological polar surface area (TPSA) is 258 Å². The van der Waals surface area contributed by atoms with Crippen molar-refractivity contribution in [2.45, 2.75) is 56.8 Å². The molecule has 15 heteroatoms. The van der Waals surface area contributed by atoms with Crippen LogP contribution in [0.1, 0.15) is 32.6 Å². The number of rotatable bonds is 15. The lowest BCUT2D eigenvalue weighted by Gasteiger charge is -2.24. The second-order valence-corrected chi connectivity index (χ2v) is 7.31. The molecule has 4 amide bonds. The number of amides is 4. The number of hydrogen-bond acceptors (Lipinski definition) is 8. The van der Waals surface area contributed by atoms with Crippen molar-refractivity contribution >= 4 is 48.2 Å². The Balaban J connectivity index is 5.26. The average molecular weight is 477 g/mol. The highest BCUT2D eigenvalue weighted by Crippen LogP contribution is 2.04. The van der Waals surface area contributed by atoms with Crippen molar-refractivity contribution in [1.29, 1.82) is 0 Å². The van der Waals surface area contributed by atoms with Gasteiger partial charge >= 0.3 is 5.97 Å². The zero-order valence-corrected chi connectivity index (χ0v) is 18.6. The van der Waals surface area contributed by atoms with E-state index >= 15 is 0 Å². The van der Waals surface area contributed by atoms with E-state index in [-0.39, 0.29) is 43.9 Å². The Morgan fingerprint density at radius 1 is 0.906 bits per heavy atom. The Kier molecular flexibility index (Phi) is 13.4. The Bertz CT molecular complexity index is 713. The molecule has 0 radical (unpaired) electrons. The minimum atomic E-state index is -1.31. The molecular formula is C17H32N8O6S. The van der Waals surface area contributed by atoms with E-state index in [0.717, 1.165) is 0 Å². The lowest BCUT2D eigenvalue weighted by molar-refractivity contribution is -0.142. The van der Waals surface area contributed by atoms with Crippen molar-refractivity contribution < 1.29 is 29.1 Å². The van der Waals surface area contributed by atoms with E-state index in [1.54, 1.807) is 0 Å². The van der Waals surface area contributed by atoms with Crippen LogP contribution in [0.3, 0.4) is 0 Å². The van der Waals surface area contributed by atoms with Gasteiger partial charge in [-0.05, 0) is 26.2 Å². The maximum Gasteiger partial charge on any atom is 0.326 e.